The van der Waals surface area contributed by atoms with E-state index in [9.17, 15) is 4.79 Å². The van der Waals surface area contributed by atoms with E-state index in [1.54, 1.807) is 13.0 Å². The molecule has 1 amide bonds. The number of aryl methyl sites for hydroxylation is 2. The molecule has 1 aromatic heterocycles. The first-order chi connectivity index (χ1) is 11.6. The lowest BCUT2D eigenvalue weighted by atomic mass is 10.1. The molecule has 0 saturated heterocycles. The van der Waals surface area contributed by atoms with Crippen molar-refractivity contribution < 1.29 is 9.32 Å². The van der Waals surface area contributed by atoms with E-state index in [1.807, 2.05) is 0 Å². The van der Waals surface area contributed by atoms with Crippen LogP contribution < -0.4 is 5.32 Å². The summed E-state index contributed by atoms with van der Waals surface area (Å²) in [5.74, 6) is 1.17. The molecule has 1 saturated carbocycles. The van der Waals surface area contributed by atoms with Crippen LogP contribution in [0.15, 0.2) is 34.9 Å². The van der Waals surface area contributed by atoms with Crippen LogP contribution in [0.2, 0.25) is 0 Å². The number of benzene rings is 1. The standard InChI is InChI=1S/C19H25N3O2/c1-3-15-4-6-16(7-5-15)13-22(17-8-9-17)11-10-19(23)20-18-12-14(2)24-21-18/h4-7,12,17H,3,8-11,13H2,1-2H3,(H,20,21,23). The summed E-state index contributed by atoms with van der Waals surface area (Å²) in [5, 5.41) is 6.58. The van der Waals surface area contributed by atoms with Crippen LogP contribution in [0.5, 0.6) is 0 Å². The second kappa shape index (κ2) is 7.62. The van der Waals surface area contributed by atoms with E-state index in [0.717, 1.165) is 19.5 Å². The number of aromatic nitrogens is 1. The number of nitrogens with zero attached hydrogens (tertiary/aromatic N) is 2. The normalized spacial score (nSPS) is 14.1. The van der Waals surface area contributed by atoms with Crippen LogP contribution in [-0.4, -0.2) is 28.6 Å². The Morgan fingerprint density at radius 1 is 1.29 bits per heavy atom. The molecular weight excluding hydrogens is 302 g/mol. The summed E-state index contributed by atoms with van der Waals surface area (Å²) in [7, 11) is 0. The molecule has 1 aliphatic rings. The minimum absolute atomic E-state index is 0.0183. The molecule has 0 atom stereocenters. The predicted octanol–water partition coefficient (Wildman–Crippen LogP) is 3.54. The first kappa shape index (κ1) is 16.7. The van der Waals surface area contributed by atoms with Crippen molar-refractivity contribution in [1.82, 2.24) is 10.1 Å². The molecule has 0 bridgehead atoms. The molecule has 1 aliphatic carbocycles. The van der Waals surface area contributed by atoms with Crippen LogP contribution in [0.4, 0.5) is 5.82 Å². The zero-order valence-electron chi connectivity index (χ0n) is 14.4. The Kier molecular flexibility index (Phi) is 5.30. The average Bonchev–Trinajstić information content (AvgIpc) is 3.35. The molecule has 0 unspecified atom stereocenters. The fourth-order valence-corrected chi connectivity index (χ4v) is 2.82. The first-order valence-corrected chi connectivity index (χ1v) is 8.69. The summed E-state index contributed by atoms with van der Waals surface area (Å²) in [6.07, 6.45) is 4.00. The van der Waals surface area contributed by atoms with Crippen molar-refractivity contribution in [2.24, 2.45) is 0 Å². The molecule has 1 N–H and O–H groups in total. The highest BCUT2D eigenvalue weighted by Crippen LogP contribution is 2.28. The fraction of sp³-hybridized carbons (Fsp3) is 0.474. The van der Waals surface area contributed by atoms with E-state index in [0.29, 0.717) is 24.0 Å². The van der Waals surface area contributed by atoms with E-state index < -0.39 is 0 Å². The van der Waals surface area contributed by atoms with Crippen molar-refractivity contribution in [2.75, 3.05) is 11.9 Å². The lowest BCUT2D eigenvalue weighted by Crippen LogP contribution is -2.29. The lowest BCUT2D eigenvalue weighted by Gasteiger charge is -2.21. The maximum atomic E-state index is 12.1. The number of amides is 1. The highest BCUT2D eigenvalue weighted by Gasteiger charge is 2.29. The van der Waals surface area contributed by atoms with Gasteiger partial charge in [0, 0.05) is 31.6 Å². The Labute approximate surface area is 143 Å². The maximum Gasteiger partial charge on any atom is 0.226 e. The molecular formula is C19H25N3O2. The largest absolute Gasteiger partial charge is 0.360 e. The van der Waals surface area contributed by atoms with Gasteiger partial charge in [-0.1, -0.05) is 36.3 Å². The van der Waals surface area contributed by atoms with Gasteiger partial charge in [-0.05, 0) is 37.3 Å². The Bertz CT molecular complexity index is 674. The number of nitrogens with one attached hydrogen (secondary N) is 1. The SMILES string of the molecule is CCc1ccc(CN(CCC(=O)Nc2cc(C)on2)C2CC2)cc1. The number of carbonyl (C=O) groups excluding carboxylic acids is 1. The van der Waals surface area contributed by atoms with E-state index in [2.05, 4.69) is 46.6 Å². The van der Waals surface area contributed by atoms with Crippen LogP contribution in [-0.2, 0) is 17.8 Å². The molecule has 5 heteroatoms. The molecule has 24 heavy (non-hydrogen) atoms. The Morgan fingerprint density at radius 2 is 2.00 bits per heavy atom. The Balaban J connectivity index is 1.51. The highest BCUT2D eigenvalue weighted by molar-refractivity contribution is 5.89. The average molecular weight is 327 g/mol. The smallest absolute Gasteiger partial charge is 0.226 e. The van der Waals surface area contributed by atoms with E-state index in [4.69, 9.17) is 4.52 Å². The van der Waals surface area contributed by atoms with Gasteiger partial charge in [0.25, 0.3) is 0 Å². The van der Waals surface area contributed by atoms with Crippen LogP contribution >= 0.6 is 0 Å². The van der Waals surface area contributed by atoms with Crippen molar-refractivity contribution in [3.05, 3.63) is 47.2 Å². The fourth-order valence-electron chi connectivity index (χ4n) is 2.82. The quantitative estimate of drug-likeness (QED) is 0.806. The van der Waals surface area contributed by atoms with Crippen LogP contribution in [0, 0.1) is 6.92 Å². The van der Waals surface area contributed by atoms with Gasteiger partial charge < -0.3 is 9.84 Å². The zero-order valence-corrected chi connectivity index (χ0v) is 14.4. The molecule has 5 nitrogen and oxygen atoms in total. The van der Waals surface area contributed by atoms with Gasteiger partial charge in [-0.15, -0.1) is 0 Å². The molecule has 1 heterocycles. The number of carbonyl (C=O) groups is 1. The van der Waals surface area contributed by atoms with Crippen LogP contribution in [0.3, 0.4) is 0 Å². The Morgan fingerprint density at radius 3 is 2.58 bits per heavy atom. The molecule has 2 aromatic rings. The molecule has 3 rings (SSSR count). The molecule has 128 valence electrons. The summed E-state index contributed by atoms with van der Waals surface area (Å²) in [5.41, 5.74) is 2.67. The minimum atomic E-state index is -0.0183. The van der Waals surface area contributed by atoms with Crippen molar-refractivity contribution in [3.63, 3.8) is 0 Å². The van der Waals surface area contributed by atoms with Gasteiger partial charge in [-0.25, -0.2) is 0 Å². The third-order valence-corrected chi connectivity index (χ3v) is 4.40. The van der Waals surface area contributed by atoms with Gasteiger partial charge in [0.1, 0.15) is 5.76 Å². The first-order valence-electron chi connectivity index (χ1n) is 8.69. The zero-order chi connectivity index (χ0) is 16.9. The summed E-state index contributed by atoms with van der Waals surface area (Å²) in [6.45, 7) is 5.65. The molecule has 0 aliphatic heterocycles. The van der Waals surface area contributed by atoms with Gasteiger partial charge >= 0.3 is 0 Å². The maximum absolute atomic E-state index is 12.1. The lowest BCUT2D eigenvalue weighted by molar-refractivity contribution is -0.116. The number of hydrogen-bond donors (Lipinski definition) is 1. The van der Waals surface area contributed by atoms with Gasteiger partial charge in [0.15, 0.2) is 5.82 Å². The third-order valence-electron chi connectivity index (χ3n) is 4.40. The van der Waals surface area contributed by atoms with Crippen molar-refractivity contribution in [2.45, 2.75) is 52.1 Å². The van der Waals surface area contributed by atoms with Crippen molar-refractivity contribution >= 4 is 11.7 Å². The van der Waals surface area contributed by atoms with Crippen molar-refractivity contribution in [1.29, 1.82) is 0 Å². The van der Waals surface area contributed by atoms with E-state index >= 15 is 0 Å². The van der Waals surface area contributed by atoms with E-state index in [1.165, 1.54) is 24.0 Å². The van der Waals surface area contributed by atoms with Gasteiger partial charge in [-0.3, -0.25) is 9.69 Å². The minimum Gasteiger partial charge on any atom is -0.360 e. The number of rotatable bonds is 8. The summed E-state index contributed by atoms with van der Waals surface area (Å²) >= 11 is 0. The van der Waals surface area contributed by atoms with Crippen LogP contribution in [0.25, 0.3) is 0 Å². The summed E-state index contributed by atoms with van der Waals surface area (Å²) in [4.78, 5) is 14.5. The topological polar surface area (TPSA) is 58.4 Å². The summed E-state index contributed by atoms with van der Waals surface area (Å²) < 4.78 is 4.96. The van der Waals surface area contributed by atoms with Gasteiger partial charge in [0.2, 0.25) is 5.91 Å². The van der Waals surface area contributed by atoms with E-state index in [-0.39, 0.29) is 5.91 Å². The molecule has 1 fully saturated rings. The number of anilines is 1. The van der Waals surface area contributed by atoms with Crippen molar-refractivity contribution in [3.8, 4) is 0 Å². The van der Waals surface area contributed by atoms with Crippen LogP contribution in [0.1, 0.15) is 43.1 Å². The Hall–Kier alpha value is -2.14. The monoisotopic (exact) mass is 327 g/mol. The molecule has 0 radical (unpaired) electrons. The molecule has 1 aromatic carbocycles. The molecule has 0 spiro atoms. The third kappa shape index (κ3) is 4.68. The second-order valence-corrected chi connectivity index (χ2v) is 6.49. The highest BCUT2D eigenvalue weighted by atomic mass is 16.5. The van der Waals surface area contributed by atoms with Gasteiger partial charge in [-0.2, -0.15) is 0 Å². The van der Waals surface area contributed by atoms with Gasteiger partial charge in [0.05, 0.1) is 0 Å². The number of hydrogen-bond acceptors (Lipinski definition) is 4. The summed E-state index contributed by atoms with van der Waals surface area (Å²) in [6, 6.07) is 11.1. The predicted molar refractivity (Wildman–Crippen MR) is 93.7 cm³/mol. The second-order valence-electron chi connectivity index (χ2n) is 6.49.